The van der Waals surface area contributed by atoms with Gasteiger partial charge in [-0.1, -0.05) is 30.3 Å². The van der Waals surface area contributed by atoms with Gasteiger partial charge in [-0.05, 0) is 12.5 Å². The molecule has 1 heterocycles. The maximum atomic E-state index is 2.32. The molecule has 3 nitrogen and oxygen atoms in total. The zero-order valence-corrected chi connectivity index (χ0v) is 9.06. The summed E-state index contributed by atoms with van der Waals surface area (Å²) in [5.74, 6) is 0. The molecule has 0 saturated carbocycles. The van der Waals surface area contributed by atoms with Crippen molar-refractivity contribution in [1.82, 2.24) is 9.80 Å². The summed E-state index contributed by atoms with van der Waals surface area (Å²) in [6, 6.07) is 10.6. The minimum Gasteiger partial charge on any atom is -0.412 e. The van der Waals surface area contributed by atoms with E-state index in [0.29, 0.717) is 0 Å². The molecule has 0 unspecified atom stereocenters. The molecular formula is C12H18N2O. The van der Waals surface area contributed by atoms with Crippen molar-refractivity contribution in [1.29, 1.82) is 0 Å². The van der Waals surface area contributed by atoms with Crippen molar-refractivity contribution < 1.29 is 5.48 Å². The Kier molecular flexibility index (Phi) is 4.18. The highest BCUT2D eigenvalue weighted by molar-refractivity contribution is 5.15. The molecular weight excluding hydrogens is 188 g/mol. The summed E-state index contributed by atoms with van der Waals surface area (Å²) in [5, 5.41) is 0. The van der Waals surface area contributed by atoms with Crippen molar-refractivity contribution in [2.45, 2.75) is 13.5 Å². The van der Waals surface area contributed by atoms with E-state index in [0.717, 1.165) is 19.8 Å². The predicted octanol–water partition coefficient (Wildman–Crippen LogP) is 1.43. The van der Waals surface area contributed by atoms with E-state index in [-0.39, 0.29) is 5.48 Å². The average molecular weight is 206 g/mol. The number of rotatable bonds is 3. The summed E-state index contributed by atoms with van der Waals surface area (Å²) in [7, 11) is 0. The van der Waals surface area contributed by atoms with Gasteiger partial charge in [0.05, 0.1) is 6.67 Å². The molecule has 0 fully saturated rings. The first-order valence-corrected chi connectivity index (χ1v) is 5.09. The Morgan fingerprint density at radius 2 is 1.73 bits per heavy atom. The van der Waals surface area contributed by atoms with Crippen LogP contribution in [0, 0.1) is 0 Å². The molecule has 0 aliphatic carbocycles. The Bertz CT molecular complexity index is 311. The van der Waals surface area contributed by atoms with Crippen LogP contribution in [-0.2, 0) is 6.54 Å². The first-order valence-electron chi connectivity index (χ1n) is 5.09. The molecule has 2 N–H and O–H groups in total. The molecule has 0 atom stereocenters. The van der Waals surface area contributed by atoms with Crippen LogP contribution >= 0.6 is 0 Å². The Morgan fingerprint density at radius 1 is 1.07 bits per heavy atom. The SMILES string of the molecule is CCN1C=CN(Cc2ccccc2)C1.O. The molecule has 0 bridgehead atoms. The molecule has 15 heavy (non-hydrogen) atoms. The summed E-state index contributed by atoms with van der Waals surface area (Å²) in [6.07, 6.45) is 4.32. The van der Waals surface area contributed by atoms with E-state index in [4.69, 9.17) is 0 Å². The van der Waals surface area contributed by atoms with Crippen molar-refractivity contribution in [2.24, 2.45) is 0 Å². The maximum absolute atomic E-state index is 2.32. The highest BCUT2D eigenvalue weighted by atomic mass is 16.0. The van der Waals surface area contributed by atoms with Crippen LogP contribution in [0.3, 0.4) is 0 Å². The van der Waals surface area contributed by atoms with Gasteiger partial charge < -0.3 is 15.3 Å². The lowest BCUT2D eigenvalue weighted by Gasteiger charge is -2.19. The van der Waals surface area contributed by atoms with E-state index in [1.807, 2.05) is 0 Å². The van der Waals surface area contributed by atoms with E-state index in [1.165, 1.54) is 5.56 Å². The lowest BCUT2D eigenvalue weighted by atomic mass is 10.2. The van der Waals surface area contributed by atoms with Gasteiger partial charge >= 0.3 is 0 Å². The highest BCUT2D eigenvalue weighted by Gasteiger charge is 2.09. The van der Waals surface area contributed by atoms with Gasteiger partial charge in [0.2, 0.25) is 0 Å². The van der Waals surface area contributed by atoms with E-state index in [9.17, 15) is 0 Å². The first kappa shape index (κ1) is 11.6. The smallest absolute Gasteiger partial charge is 0.0897 e. The number of hydrogen-bond acceptors (Lipinski definition) is 2. The maximum Gasteiger partial charge on any atom is 0.0897 e. The predicted molar refractivity (Wildman–Crippen MR) is 62.0 cm³/mol. The largest absolute Gasteiger partial charge is 0.412 e. The van der Waals surface area contributed by atoms with Crippen LogP contribution in [0.15, 0.2) is 42.7 Å². The van der Waals surface area contributed by atoms with E-state index >= 15 is 0 Å². The normalized spacial score (nSPS) is 14.2. The Labute approximate surface area is 90.9 Å². The molecule has 3 heteroatoms. The molecule has 0 aromatic heterocycles. The fraction of sp³-hybridized carbons (Fsp3) is 0.333. The summed E-state index contributed by atoms with van der Waals surface area (Å²) in [6.45, 7) is 5.29. The fourth-order valence-corrected chi connectivity index (χ4v) is 1.64. The van der Waals surface area contributed by atoms with Crippen LogP contribution < -0.4 is 0 Å². The van der Waals surface area contributed by atoms with Crippen LogP contribution in [0.25, 0.3) is 0 Å². The molecule has 1 aromatic carbocycles. The molecule has 1 aromatic rings. The van der Waals surface area contributed by atoms with Crippen LogP contribution in [0.1, 0.15) is 12.5 Å². The molecule has 0 amide bonds. The van der Waals surface area contributed by atoms with Crippen molar-refractivity contribution >= 4 is 0 Å². The quantitative estimate of drug-likeness (QED) is 0.750. The fourth-order valence-electron chi connectivity index (χ4n) is 1.64. The molecule has 0 saturated heterocycles. The molecule has 0 radical (unpaired) electrons. The van der Waals surface area contributed by atoms with Crippen molar-refractivity contribution in [2.75, 3.05) is 13.2 Å². The van der Waals surface area contributed by atoms with Gasteiger partial charge in [0.25, 0.3) is 0 Å². The third-order valence-electron chi connectivity index (χ3n) is 2.49. The van der Waals surface area contributed by atoms with Gasteiger partial charge in [0.15, 0.2) is 0 Å². The number of benzene rings is 1. The van der Waals surface area contributed by atoms with Crippen LogP contribution in [0.2, 0.25) is 0 Å². The minimum absolute atomic E-state index is 0. The highest BCUT2D eigenvalue weighted by Crippen LogP contribution is 2.10. The first-order chi connectivity index (χ1) is 6.88. The second-order valence-corrected chi connectivity index (χ2v) is 3.58. The van der Waals surface area contributed by atoms with Gasteiger partial charge in [0.1, 0.15) is 0 Å². The molecule has 82 valence electrons. The van der Waals surface area contributed by atoms with Crippen molar-refractivity contribution in [3.8, 4) is 0 Å². The Hall–Kier alpha value is -1.48. The van der Waals surface area contributed by atoms with Gasteiger partial charge in [0, 0.05) is 25.5 Å². The van der Waals surface area contributed by atoms with Crippen LogP contribution in [-0.4, -0.2) is 28.5 Å². The molecule has 2 rings (SSSR count). The van der Waals surface area contributed by atoms with Crippen molar-refractivity contribution in [3.05, 3.63) is 48.3 Å². The number of nitrogens with zero attached hydrogens (tertiary/aromatic N) is 2. The van der Waals surface area contributed by atoms with Gasteiger partial charge in [-0.25, -0.2) is 0 Å². The van der Waals surface area contributed by atoms with Crippen LogP contribution in [0.5, 0.6) is 0 Å². The molecule has 1 aliphatic heterocycles. The lowest BCUT2D eigenvalue weighted by Crippen LogP contribution is -2.24. The average Bonchev–Trinajstić information content (AvgIpc) is 2.67. The number of hydrogen-bond donors (Lipinski definition) is 0. The third kappa shape index (κ3) is 2.99. The van der Waals surface area contributed by atoms with Crippen LogP contribution in [0.4, 0.5) is 0 Å². The van der Waals surface area contributed by atoms with E-state index in [1.54, 1.807) is 0 Å². The second-order valence-electron chi connectivity index (χ2n) is 3.58. The zero-order chi connectivity index (χ0) is 9.80. The molecule has 0 spiro atoms. The molecule has 1 aliphatic rings. The van der Waals surface area contributed by atoms with Crippen molar-refractivity contribution in [3.63, 3.8) is 0 Å². The topological polar surface area (TPSA) is 38.0 Å². The third-order valence-corrected chi connectivity index (χ3v) is 2.49. The summed E-state index contributed by atoms with van der Waals surface area (Å²) in [5.41, 5.74) is 1.37. The summed E-state index contributed by atoms with van der Waals surface area (Å²) < 4.78 is 0. The summed E-state index contributed by atoms with van der Waals surface area (Å²) in [4.78, 5) is 4.61. The zero-order valence-electron chi connectivity index (χ0n) is 9.06. The van der Waals surface area contributed by atoms with Gasteiger partial charge in [-0.15, -0.1) is 0 Å². The Morgan fingerprint density at radius 3 is 2.33 bits per heavy atom. The van der Waals surface area contributed by atoms with Gasteiger partial charge in [-0.3, -0.25) is 0 Å². The minimum atomic E-state index is 0. The summed E-state index contributed by atoms with van der Waals surface area (Å²) >= 11 is 0. The second kappa shape index (κ2) is 5.41. The van der Waals surface area contributed by atoms with E-state index < -0.39 is 0 Å². The Balaban J connectivity index is 0.00000112. The van der Waals surface area contributed by atoms with E-state index in [2.05, 4.69) is 59.5 Å². The lowest BCUT2D eigenvalue weighted by molar-refractivity contribution is 0.268. The monoisotopic (exact) mass is 206 g/mol. The van der Waals surface area contributed by atoms with Gasteiger partial charge in [-0.2, -0.15) is 0 Å². The standard InChI is InChI=1S/C12H16N2.H2O/c1-2-13-8-9-14(11-13)10-12-6-4-3-5-7-12;/h3-9H,2,10-11H2,1H3;1H2.